The molecule has 2 heterocycles. The van der Waals surface area contributed by atoms with Crippen molar-refractivity contribution in [2.24, 2.45) is 0 Å². The standard InChI is InChI=1S/C19H22N4O3/c1-22-7-9-23(10-8-22)13-14-3-2-4-16(11-14)21-18(24)15-5-6-17(19(25)26)20-12-15/h2-6,11-12H,7-10,13H2,1H3,(H,21,24)(H,25,26). The maximum Gasteiger partial charge on any atom is 0.354 e. The third-order valence-electron chi connectivity index (χ3n) is 4.43. The highest BCUT2D eigenvalue weighted by molar-refractivity contribution is 6.04. The monoisotopic (exact) mass is 354 g/mol. The van der Waals surface area contributed by atoms with E-state index in [1.807, 2.05) is 18.2 Å². The number of hydrogen-bond acceptors (Lipinski definition) is 5. The van der Waals surface area contributed by atoms with Crippen molar-refractivity contribution in [3.63, 3.8) is 0 Å². The zero-order valence-electron chi connectivity index (χ0n) is 14.7. The van der Waals surface area contributed by atoms with E-state index in [-0.39, 0.29) is 11.6 Å². The number of carbonyl (C=O) groups excluding carboxylic acids is 1. The number of carbonyl (C=O) groups is 2. The summed E-state index contributed by atoms with van der Waals surface area (Å²) >= 11 is 0. The van der Waals surface area contributed by atoms with Crippen LogP contribution in [0.15, 0.2) is 42.6 Å². The Hall–Kier alpha value is -2.77. The van der Waals surface area contributed by atoms with Crippen molar-refractivity contribution in [1.82, 2.24) is 14.8 Å². The van der Waals surface area contributed by atoms with E-state index < -0.39 is 5.97 Å². The zero-order chi connectivity index (χ0) is 18.5. The predicted molar refractivity (Wildman–Crippen MR) is 98.4 cm³/mol. The number of piperazine rings is 1. The highest BCUT2D eigenvalue weighted by atomic mass is 16.4. The van der Waals surface area contributed by atoms with E-state index in [2.05, 4.69) is 33.2 Å². The third kappa shape index (κ3) is 4.65. The summed E-state index contributed by atoms with van der Waals surface area (Å²) in [5, 5.41) is 11.7. The van der Waals surface area contributed by atoms with Crippen molar-refractivity contribution >= 4 is 17.6 Å². The highest BCUT2D eigenvalue weighted by Gasteiger charge is 2.14. The van der Waals surface area contributed by atoms with Gasteiger partial charge in [-0.05, 0) is 36.9 Å². The number of pyridine rings is 1. The van der Waals surface area contributed by atoms with Gasteiger partial charge in [0.05, 0.1) is 5.56 Å². The Kier molecular flexibility index (Phi) is 5.60. The summed E-state index contributed by atoms with van der Waals surface area (Å²) < 4.78 is 0. The van der Waals surface area contributed by atoms with E-state index in [1.165, 1.54) is 18.3 Å². The van der Waals surface area contributed by atoms with Crippen LogP contribution in [0.1, 0.15) is 26.4 Å². The van der Waals surface area contributed by atoms with Crippen molar-refractivity contribution < 1.29 is 14.7 Å². The zero-order valence-corrected chi connectivity index (χ0v) is 14.7. The molecule has 0 bridgehead atoms. The van der Waals surface area contributed by atoms with E-state index in [0.717, 1.165) is 38.3 Å². The van der Waals surface area contributed by atoms with Gasteiger partial charge >= 0.3 is 5.97 Å². The van der Waals surface area contributed by atoms with Crippen LogP contribution in [-0.2, 0) is 6.54 Å². The molecule has 136 valence electrons. The van der Waals surface area contributed by atoms with Gasteiger partial charge < -0.3 is 15.3 Å². The number of anilines is 1. The fourth-order valence-corrected chi connectivity index (χ4v) is 2.87. The third-order valence-corrected chi connectivity index (χ3v) is 4.43. The summed E-state index contributed by atoms with van der Waals surface area (Å²) in [6.07, 6.45) is 1.27. The molecular weight excluding hydrogens is 332 g/mol. The second kappa shape index (κ2) is 8.07. The molecule has 26 heavy (non-hydrogen) atoms. The molecule has 0 atom stereocenters. The molecule has 1 saturated heterocycles. The first-order valence-electron chi connectivity index (χ1n) is 8.52. The molecule has 1 aromatic heterocycles. The molecule has 2 N–H and O–H groups in total. The smallest absolute Gasteiger partial charge is 0.354 e. The number of benzene rings is 1. The van der Waals surface area contributed by atoms with E-state index in [4.69, 9.17) is 5.11 Å². The summed E-state index contributed by atoms with van der Waals surface area (Å²) in [5.74, 6) is -1.43. The molecule has 0 unspecified atom stereocenters. The van der Waals surface area contributed by atoms with Crippen LogP contribution < -0.4 is 5.32 Å². The molecule has 1 aromatic carbocycles. The highest BCUT2D eigenvalue weighted by Crippen LogP contribution is 2.15. The van der Waals surface area contributed by atoms with Gasteiger partial charge in [-0.2, -0.15) is 0 Å². The first kappa shape index (κ1) is 18.0. The Labute approximate surface area is 152 Å². The number of aromatic carboxylic acids is 1. The lowest BCUT2D eigenvalue weighted by Crippen LogP contribution is -2.43. The van der Waals surface area contributed by atoms with Gasteiger partial charge in [-0.1, -0.05) is 12.1 Å². The lowest BCUT2D eigenvalue weighted by atomic mass is 10.1. The average molecular weight is 354 g/mol. The van der Waals surface area contributed by atoms with Crippen LogP contribution in [0, 0.1) is 0 Å². The topological polar surface area (TPSA) is 85.8 Å². The lowest BCUT2D eigenvalue weighted by molar-refractivity contribution is 0.0690. The van der Waals surface area contributed by atoms with Crippen molar-refractivity contribution in [3.8, 4) is 0 Å². The summed E-state index contributed by atoms with van der Waals surface area (Å²) in [6.45, 7) is 5.06. The van der Waals surface area contributed by atoms with Crippen molar-refractivity contribution in [1.29, 1.82) is 0 Å². The van der Waals surface area contributed by atoms with Crippen LogP contribution >= 0.6 is 0 Å². The fourth-order valence-electron chi connectivity index (χ4n) is 2.87. The number of nitrogens with zero attached hydrogens (tertiary/aromatic N) is 3. The maximum atomic E-state index is 12.3. The Morgan fingerprint density at radius 2 is 1.92 bits per heavy atom. The average Bonchev–Trinajstić information content (AvgIpc) is 2.64. The largest absolute Gasteiger partial charge is 0.477 e. The molecular formula is C19H22N4O3. The molecule has 7 nitrogen and oxygen atoms in total. The number of nitrogens with one attached hydrogen (secondary N) is 1. The molecule has 2 aromatic rings. The van der Waals surface area contributed by atoms with Crippen LogP contribution in [0.4, 0.5) is 5.69 Å². The van der Waals surface area contributed by atoms with Gasteiger partial charge in [0, 0.05) is 44.6 Å². The van der Waals surface area contributed by atoms with Gasteiger partial charge in [0.1, 0.15) is 5.69 Å². The van der Waals surface area contributed by atoms with E-state index in [1.54, 1.807) is 0 Å². The number of carboxylic acids is 1. The minimum absolute atomic E-state index is 0.0873. The van der Waals surface area contributed by atoms with Crippen molar-refractivity contribution in [2.45, 2.75) is 6.54 Å². The van der Waals surface area contributed by atoms with Crippen molar-refractivity contribution in [3.05, 3.63) is 59.4 Å². The Morgan fingerprint density at radius 3 is 2.58 bits per heavy atom. The summed E-state index contributed by atoms with van der Waals surface area (Å²) in [4.78, 5) is 31.6. The van der Waals surface area contributed by atoms with E-state index in [0.29, 0.717) is 11.3 Å². The number of carboxylic acid groups (broad SMARTS) is 1. The summed E-state index contributed by atoms with van der Waals surface area (Å²) in [6, 6.07) is 10.6. The van der Waals surface area contributed by atoms with Crippen LogP contribution in [-0.4, -0.2) is 65.0 Å². The quantitative estimate of drug-likeness (QED) is 0.851. The van der Waals surface area contributed by atoms with Gasteiger partial charge in [-0.25, -0.2) is 9.78 Å². The maximum absolute atomic E-state index is 12.3. The molecule has 1 aliphatic heterocycles. The molecule has 1 fully saturated rings. The Morgan fingerprint density at radius 1 is 1.15 bits per heavy atom. The number of aromatic nitrogens is 1. The molecule has 0 spiro atoms. The molecule has 3 rings (SSSR count). The number of likely N-dealkylation sites (N-methyl/N-ethyl adjacent to an activating group) is 1. The fraction of sp³-hybridized carbons (Fsp3) is 0.316. The van der Waals surface area contributed by atoms with Crippen LogP contribution in [0.25, 0.3) is 0 Å². The number of hydrogen-bond donors (Lipinski definition) is 2. The lowest BCUT2D eigenvalue weighted by Gasteiger charge is -2.32. The summed E-state index contributed by atoms with van der Waals surface area (Å²) in [7, 11) is 2.13. The Balaban J connectivity index is 1.62. The van der Waals surface area contributed by atoms with E-state index >= 15 is 0 Å². The number of rotatable bonds is 5. The molecule has 0 saturated carbocycles. The SMILES string of the molecule is CN1CCN(Cc2cccc(NC(=O)c3ccc(C(=O)O)nc3)c2)CC1. The van der Waals surface area contributed by atoms with E-state index in [9.17, 15) is 9.59 Å². The van der Waals surface area contributed by atoms with Crippen LogP contribution in [0.5, 0.6) is 0 Å². The molecule has 0 aliphatic carbocycles. The van der Waals surface area contributed by atoms with Crippen LogP contribution in [0.3, 0.4) is 0 Å². The minimum Gasteiger partial charge on any atom is -0.477 e. The minimum atomic E-state index is -1.12. The normalized spacial score (nSPS) is 15.6. The van der Waals surface area contributed by atoms with Crippen LogP contribution in [0.2, 0.25) is 0 Å². The predicted octanol–water partition coefficient (Wildman–Crippen LogP) is 1.78. The Bertz CT molecular complexity index is 784. The number of amides is 1. The first-order chi connectivity index (χ1) is 12.5. The summed E-state index contributed by atoms with van der Waals surface area (Å²) in [5.41, 5.74) is 2.09. The molecule has 1 amide bonds. The molecule has 0 radical (unpaired) electrons. The first-order valence-corrected chi connectivity index (χ1v) is 8.52. The van der Waals surface area contributed by atoms with Gasteiger partial charge in [-0.15, -0.1) is 0 Å². The second-order valence-electron chi connectivity index (χ2n) is 6.47. The second-order valence-corrected chi connectivity index (χ2v) is 6.47. The van der Waals surface area contributed by atoms with Gasteiger partial charge in [0.25, 0.3) is 5.91 Å². The van der Waals surface area contributed by atoms with Crippen molar-refractivity contribution in [2.75, 3.05) is 38.5 Å². The van der Waals surface area contributed by atoms with Gasteiger partial charge in [0.2, 0.25) is 0 Å². The van der Waals surface area contributed by atoms with Gasteiger partial charge in [-0.3, -0.25) is 9.69 Å². The molecule has 1 aliphatic rings. The van der Waals surface area contributed by atoms with Gasteiger partial charge in [0.15, 0.2) is 0 Å². The molecule has 7 heteroatoms.